The van der Waals surface area contributed by atoms with Crippen LogP contribution in [0.3, 0.4) is 0 Å². The van der Waals surface area contributed by atoms with Gasteiger partial charge < -0.3 is 29.6 Å². The summed E-state index contributed by atoms with van der Waals surface area (Å²) in [4.78, 5) is 73.3. The Morgan fingerprint density at radius 1 is 0.554 bits per heavy atom. The highest BCUT2D eigenvalue weighted by atomic mass is 16.6. The summed E-state index contributed by atoms with van der Waals surface area (Å²) < 4.78 is 19.5. The van der Waals surface area contributed by atoms with Crippen molar-refractivity contribution < 1.29 is 47.7 Å². The van der Waals surface area contributed by atoms with Gasteiger partial charge in [-0.1, -0.05) is 84.9 Å². The predicted molar refractivity (Wildman–Crippen MR) is 209 cm³/mol. The minimum atomic E-state index is -1.92. The molecule has 294 valence electrons. The van der Waals surface area contributed by atoms with Crippen molar-refractivity contribution in [3.63, 3.8) is 0 Å². The van der Waals surface area contributed by atoms with E-state index in [9.17, 15) is 28.8 Å². The molecular formula is C43H47N3O10. The zero-order valence-electron chi connectivity index (χ0n) is 32.3. The Morgan fingerprint density at radius 3 is 1.21 bits per heavy atom. The summed E-state index contributed by atoms with van der Waals surface area (Å²) in [7, 11) is 0. The van der Waals surface area contributed by atoms with Crippen LogP contribution in [0.15, 0.2) is 109 Å². The first kappa shape index (κ1) is 45.3. The maximum Gasteiger partial charge on any atom is 0.343 e. The van der Waals surface area contributed by atoms with Gasteiger partial charge >= 0.3 is 23.9 Å². The van der Waals surface area contributed by atoms with E-state index < -0.39 is 47.3 Å². The maximum absolute atomic E-state index is 12.6. The van der Waals surface area contributed by atoms with E-state index in [0.29, 0.717) is 11.1 Å². The van der Waals surface area contributed by atoms with Gasteiger partial charge in [0, 0.05) is 18.1 Å². The second-order valence-electron chi connectivity index (χ2n) is 11.5. The summed E-state index contributed by atoms with van der Waals surface area (Å²) in [6.07, 6.45) is 0. The number of nitrogens with one attached hydrogen (secondary N) is 2. The molecule has 0 bridgehead atoms. The van der Waals surface area contributed by atoms with Crippen LogP contribution in [0.25, 0.3) is 22.3 Å². The molecule has 2 amide bonds. The molecule has 0 unspecified atom stereocenters. The molecular weight excluding hydrogens is 718 g/mol. The van der Waals surface area contributed by atoms with E-state index in [-0.39, 0.29) is 26.4 Å². The van der Waals surface area contributed by atoms with Gasteiger partial charge in [-0.05, 0) is 81.1 Å². The van der Waals surface area contributed by atoms with Crippen LogP contribution in [-0.4, -0.2) is 73.7 Å². The molecule has 4 aromatic carbocycles. The summed E-state index contributed by atoms with van der Waals surface area (Å²) in [6.45, 7) is 9.52. The molecule has 0 aliphatic rings. The standard InChI is InChI=1S/C21H23NO5.C20H21NO5.C2H3N/c1-4-26-19(24)21(3,20(25)27-5-2)22-18(23)17-13-11-16(12-14-17)15-9-7-6-8-10-15;1-3-25-19(23)17(20(24)26-4-2)21-18(22)16-12-10-15(11-13-16)14-8-6-5-7-9-14;1-2-3/h6-14H,4-5H2,1-3H3,(H,22,23);5-13,17H,3-4H2,1-2H3,(H,21,22);1H3. The van der Waals surface area contributed by atoms with Crippen molar-refractivity contribution in [3.8, 4) is 28.3 Å². The van der Waals surface area contributed by atoms with Crippen molar-refractivity contribution in [1.29, 1.82) is 5.26 Å². The highest BCUT2D eigenvalue weighted by Gasteiger charge is 2.46. The Morgan fingerprint density at radius 2 is 0.875 bits per heavy atom. The van der Waals surface area contributed by atoms with Gasteiger partial charge in [0.15, 0.2) is 0 Å². The number of rotatable bonds is 14. The number of hydrogen-bond donors (Lipinski definition) is 2. The Kier molecular flexibility index (Phi) is 19.2. The second kappa shape index (κ2) is 23.8. The number of nitriles is 1. The third-order valence-corrected chi connectivity index (χ3v) is 7.56. The monoisotopic (exact) mass is 765 g/mol. The number of nitrogens with zero attached hydrogens (tertiary/aromatic N) is 1. The molecule has 0 radical (unpaired) electrons. The summed E-state index contributed by atoms with van der Waals surface area (Å²) in [5.41, 5.74) is 2.67. The molecule has 4 rings (SSSR count). The van der Waals surface area contributed by atoms with Gasteiger partial charge in [0.2, 0.25) is 11.6 Å². The van der Waals surface area contributed by atoms with Crippen molar-refractivity contribution in [2.75, 3.05) is 26.4 Å². The fourth-order valence-electron chi connectivity index (χ4n) is 4.80. The van der Waals surface area contributed by atoms with E-state index in [2.05, 4.69) is 10.6 Å². The first-order valence-electron chi connectivity index (χ1n) is 17.8. The second-order valence-corrected chi connectivity index (χ2v) is 11.5. The number of hydrogen-bond acceptors (Lipinski definition) is 11. The van der Waals surface area contributed by atoms with Crippen molar-refractivity contribution >= 4 is 35.7 Å². The molecule has 0 aliphatic carbocycles. The minimum Gasteiger partial charge on any atom is -0.464 e. The molecule has 0 spiro atoms. The lowest BCUT2D eigenvalue weighted by atomic mass is 10.0. The number of amides is 2. The van der Waals surface area contributed by atoms with Gasteiger partial charge in [-0.25, -0.2) is 19.2 Å². The molecule has 0 heterocycles. The Labute approximate surface area is 326 Å². The van der Waals surface area contributed by atoms with Crippen molar-refractivity contribution in [1.82, 2.24) is 10.6 Å². The van der Waals surface area contributed by atoms with Gasteiger partial charge in [0.1, 0.15) is 0 Å². The molecule has 0 aromatic heterocycles. The molecule has 0 saturated carbocycles. The van der Waals surface area contributed by atoms with E-state index in [1.165, 1.54) is 13.8 Å². The molecule has 13 nitrogen and oxygen atoms in total. The van der Waals surface area contributed by atoms with Crippen LogP contribution >= 0.6 is 0 Å². The summed E-state index contributed by atoms with van der Waals surface area (Å²) >= 11 is 0. The van der Waals surface area contributed by atoms with Gasteiger partial charge in [-0.15, -0.1) is 0 Å². The van der Waals surface area contributed by atoms with Crippen LogP contribution in [0.1, 0.15) is 62.3 Å². The molecule has 0 atom stereocenters. The van der Waals surface area contributed by atoms with Crippen molar-refractivity contribution in [3.05, 3.63) is 120 Å². The Balaban J connectivity index is 0.000000362. The first-order valence-corrected chi connectivity index (χ1v) is 17.8. The maximum atomic E-state index is 12.6. The highest BCUT2D eigenvalue weighted by Crippen LogP contribution is 2.21. The van der Waals surface area contributed by atoms with Crippen LogP contribution in [-0.2, 0) is 38.1 Å². The van der Waals surface area contributed by atoms with E-state index >= 15 is 0 Å². The van der Waals surface area contributed by atoms with Gasteiger partial charge in [0.25, 0.3) is 11.8 Å². The van der Waals surface area contributed by atoms with E-state index in [0.717, 1.165) is 22.3 Å². The molecule has 2 N–H and O–H groups in total. The average Bonchev–Trinajstić information content (AvgIpc) is 3.21. The van der Waals surface area contributed by atoms with E-state index in [4.69, 9.17) is 24.2 Å². The average molecular weight is 766 g/mol. The van der Waals surface area contributed by atoms with Crippen LogP contribution in [0.2, 0.25) is 0 Å². The number of benzene rings is 4. The quantitative estimate of drug-likeness (QED) is 0.0861. The smallest absolute Gasteiger partial charge is 0.343 e. The van der Waals surface area contributed by atoms with Gasteiger partial charge in [-0.2, -0.15) is 5.26 Å². The Bertz CT molecular complexity index is 1890. The van der Waals surface area contributed by atoms with E-state index in [1.807, 2.05) is 60.7 Å². The predicted octanol–water partition coefficient (Wildman–Crippen LogP) is 6.08. The number of carbonyl (C=O) groups is 6. The summed E-state index contributed by atoms with van der Waals surface area (Å²) in [6, 6.07) is 33.4. The SMILES string of the molecule is CC#N.CCOC(=O)C(C)(NC(=O)c1ccc(-c2ccccc2)cc1)C(=O)OCC.CCOC(=O)C(NC(=O)c1ccc(-c2ccccc2)cc1)C(=O)OCC. The number of carbonyl (C=O) groups excluding carboxylic acids is 6. The van der Waals surface area contributed by atoms with E-state index in [1.54, 1.807) is 82.3 Å². The Hall–Kier alpha value is -6.81. The van der Waals surface area contributed by atoms with Gasteiger partial charge in [-0.3, -0.25) is 9.59 Å². The third-order valence-electron chi connectivity index (χ3n) is 7.56. The molecule has 0 aliphatic heterocycles. The fourth-order valence-corrected chi connectivity index (χ4v) is 4.80. The largest absolute Gasteiger partial charge is 0.464 e. The fraction of sp³-hybridized carbons (Fsp3) is 0.279. The van der Waals surface area contributed by atoms with Crippen LogP contribution in [0.4, 0.5) is 0 Å². The van der Waals surface area contributed by atoms with Crippen molar-refractivity contribution in [2.24, 2.45) is 0 Å². The van der Waals surface area contributed by atoms with Crippen LogP contribution in [0.5, 0.6) is 0 Å². The molecule has 56 heavy (non-hydrogen) atoms. The lowest BCUT2D eigenvalue weighted by Gasteiger charge is -2.26. The normalized spacial score (nSPS) is 10.1. The number of ether oxygens (including phenoxy) is 4. The third kappa shape index (κ3) is 13.6. The van der Waals surface area contributed by atoms with Gasteiger partial charge in [0.05, 0.1) is 32.5 Å². The lowest BCUT2D eigenvalue weighted by Crippen LogP contribution is -2.59. The summed E-state index contributed by atoms with van der Waals surface area (Å²) in [5.74, 6) is -4.55. The summed E-state index contributed by atoms with van der Waals surface area (Å²) in [5, 5.41) is 12.1. The zero-order chi connectivity index (χ0) is 41.5. The van der Waals surface area contributed by atoms with Crippen LogP contribution < -0.4 is 10.6 Å². The topological polar surface area (TPSA) is 187 Å². The molecule has 0 fully saturated rings. The zero-order valence-corrected chi connectivity index (χ0v) is 32.3. The first-order chi connectivity index (χ1) is 26.9. The molecule has 0 saturated heterocycles. The molecule has 4 aromatic rings. The highest BCUT2D eigenvalue weighted by molar-refractivity contribution is 6.10. The minimum absolute atomic E-state index is 0.0788. The number of esters is 4. The van der Waals surface area contributed by atoms with Crippen LogP contribution in [0, 0.1) is 11.3 Å². The lowest BCUT2D eigenvalue weighted by molar-refractivity contribution is -0.164. The molecule has 13 heteroatoms. The van der Waals surface area contributed by atoms with Crippen molar-refractivity contribution in [2.45, 2.75) is 53.1 Å².